The van der Waals surface area contributed by atoms with Gasteiger partial charge in [-0.3, -0.25) is 4.79 Å². The molecule has 1 fully saturated rings. The zero-order valence-electron chi connectivity index (χ0n) is 14.8. The highest BCUT2D eigenvalue weighted by atomic mass is 19.4. The molecule has 0 radical (unpaired) electrons. The van der Waals surface area contributed by atoms with Gasteiger partial charge >= 0.3 is 12.1 Å². The van der Waals surface area contributed by atoms with Crippen LogP contribution in [-0.4, -0.2) is 40.7 Å². The topological polar surface area (TPSA) is 68.5 Å². The number of alkyl halides is 3. The van der Waals surface area contributed by atoms with E-state index >= 15 is 0 Å². The number of rotatable bonds is 5. The van der Waals surface area contributed by atoms with Crippen molar-refractivity contribution in [2.75, 3.05) is 19.7 Å². The Morgan fingerprint density at radius 1 is 1.22 bits per heavy atom. The number of halogens is 3. The summed E-state index contributed by atoms with van der Waals surface area (Å²) in [7, 11) is 0. The zero-order chi connectivity index (χ0) is 19.4. The van der Waals surface area contributed by atoms with Gasteiger partial charge in [0.1, 0.15) is 5.75 Å². The molecule has 0 saturated carbocycles. The largest absolute Gasteiger partial charge is 0.494 e. The van der Waals surface area contributed by atoms with Gasteiger partial charge in [-0.05, 0) is 37.5 Å². The number of likely N-dealkylation sites (tertiary alicyclic amines) is 1. The molecule has 9 heteroatoms. The maximum absolute atomic E-state index is 12.6. The normalized spacial score (nSPS) is 15.8. The number of hydrogen-bond donors (Lipinski definition) is 0. The molecule has 0 spiro atoms. The summed E-state index contributed by atoms with van der Waals surface area (Å²) in [5, 5.41) is 6.58. The molecular formula is C18H20F3N3O3. The van der Waals surface area contributed by atoms with Crippen molar-refractivity contribution >= 4 is 5.91 Å². The number of aromatic nitrogens is 2. The number of amides is 1. The van der Waals surface area contributed by atoms with Gasteiger partial charge < -0.3 is 14.1 Å². The van der Waals surface area contributed by atoms with Crippen LogP contribution in [0.4, 0.5) is 13.2 Å². The van der Waals surface area contributed by atoms with Crippen molar-refractivity contribution in [2.45, 2.75) is 38.3 Å². The second kappa shape index (κ2) is 7.98. The molecule has 27 heavy (non-hydrogen) atoms. The van der Waals surface area contributed by atoms with Gasteiger partial charge in [-0.1, -0.05) is 12.1 Å². The molecule has 0 unspecified atom stereocenters. The van der Waals surface area contributed by atoms with Crippen LogP contribution >= 0.6 is 0 Å². The Kier molecular flexibility index (Phi) is 5.67. The van der Waals surface area contributed by atoms with Gasteiger partial charge in [0.2, 0.25) is 11.8 Å². The van der Waals surface area contributed by atoms with Gasteiger partial charge in [0, 0.05) is 19.0 Å². The van der Waals surface area contributed by atoms with Crippen molar-refractivity contribution in [3.8, 4) is 5.75 Å². The van der Waals surface area contributed by atoms with E-state index in [2.05, 4.69) is 10.2 Å². The van der Waals surface area contributed by atoms with Crippen LogP contribution in [0, 0.1) is 0 Å². The smallest absolute Gasteiger partial charge is 0.470 e. The predicted molar refractivity (Wildman–Crippen MR) is 89.2 cm³/mol. The molecule has 1 saturated heterocycles. The average Bonchev–Trinajstić information content (AvgIpc) is 3.14. The fourth-order valence-corrected chi connectivity index (χ4v) is 3.05. The van der Waals surface area contributed by atoms with E-state index in [4.69, 9.17) is 9.15 Å². The maximum atomic E-state index is 12.6. The molecule has 146 valence electrons. The van der Waals surface area contributed by atoms with Crippen LogP contribution in [0.2, 0.25) is 0 Å². The van der Waals surface area contributed by atoms with E-state index in [1.54, 1.807) is 4.90 Å². The highest BCUT2D eigenvalue weighted by molar-refractivity contribution is 5.78. The first-order chi connectivity index (χ1) is 12.9. The fraction of sp³-hybridized carbons (Fsp3) is 0.500. The number of carbonyl (C=O) groups excluding carboxylic acids is 1. The number of nitrogens with zero attached hydrogens (tertiary/aromatic N) is 3. The van der Waals surface area contributed by atoms with Crippen molar-refractivity contribution in [3.05, 3.63) is 41.6 Å². The molecule has 3 rings (SSSR count). The number of piperidine rings is 1. The van der Waals surface area contributed by atoms with Gasteiger partial charge in [-0.2, -0.15) is 13.2 Å². The van der Waals surface area contributed by atoms with Crippen molar-refractivity contribution in [2.24, 2.45) is 0 Å². The lowest BCUT2D eigenvalue weighted by atomic mass is 9.96. The van der Waals surface area contributed by atoms with Gasteiger partial charge in [-0.25, -0.2) is 0 Å². The number of ether oxygens (including phenoxy) is 1. The Morgan fingerprint density at radius 3 is 2.44 bits per heavy atom. The van der Waals surface area contributed by atoms with Crippen LogP contribution in [0.25, 0.3) is 0 Å². The Labute approximate surface area is 154 Å². The molecule has 0 N–H and O–H groups in total. The third-order valence-electron chi connectivity index (χ3n) is 4.47. The van der Waals surface area contributed by atoms with Crippen molar-refractivity contribution in [1.29, 1.82) is 0 Å². The predicted octanol–water partition coefficient (Wildman–Crippen LogP) is 3.44. The summed E-state index contributed by atoms with van der Waals surface area (Å²) in [5.41, 5.74) is 0.886. The molecule has 1 aromatic carbocycles. The van der Waals surface area contributed by atoms with E-state index in [1.807, 2.05) is 31.2 Å². The Hall–Kier alpha value is -2.58. The SMILES string of the molecule is CCOc1ccc(CC(=O)N2CCC(c3nnc(C(F)(F)F)o3)CC2)cc1. The molecule has 2 aromatic rings. The average molecular weight is 383 g/mol. The lowest BCUT2D eigenvalue weighted by Crippen LogP contribution is -2.38. The molecular weight excluding hydrogens is 363 g/mol. The number of benzene rings is 1. The van der Waals surface area contributed by atoms with Crippen LogP contribution in [0.15, 0.2) is 28.7 Å². The van der Waals surface area contributed by atoms with Gasteiger partial charge in [0.05, 0.1) is 13.0 Å². The third kappa shape index (κ3) is 4.78. The molecule has 1 aliphatic rings. The monoisotopic (exact) mass is 383 g/mol. The quantitative estimate of drug-likeness (QED) is 0.791. The molecule has 0 aliphatic carbocycles. The summed E-state index contributed by atoms with van der Waals surface area (Å²) in [6.45, 7) is 3.38. The lowest BCUT2D eigenvalue weighted by Gasteiger charge is -2.30. The first kappa shape index (κ1) is 19.2. The van der Waals surface area contributed by atoms with E-state index in [0.717, 1.165) is 11.3 Å². The Morgan fingerprint density at radius 2 is 1.89 bits per heavy atom. The maximum Gasteiger partial charge on any atom is 0.470 e. The van der Waals surface area contributed by atoms with E-state index in [-0.39, 0.29) is 24.1 Å². The van der Waals surface area contributed by atoms with Crippen LogP contribution in [0.3, 0.4) is 0 Å². The minimum absolute atomic E-state index is 0.0130. The molecule has 2 heterocycles. The highest BCUT2D eigenvalue weighted by Crippen LogP contribution is 2.32. The molecule has 6 nitrogen and oxygen atoms in total. The standard InChI is InChI=1S/C18H20F3N3O3/c1-2-26-14-5-3-12(4-6-14)11-15(25)24-9-7-13(8-10-24)16-22-23-17(27-16)18(19,20)21/h3-6,13H,2,7-11H2,1H3. The van der Waals surface area contributed by atoms with Crippen LogP contribution in [0.1, 0.15) is 43.0 Å². The van der Waals surface area contributed by atoms with Gasteiger partial charge in [0.15, 0.2) is 0 Å². The van der Waals surface area contributed by atoms with Crippen LogP contribution in [-0.2, 0) is 17.4 Å². The fourth-order valence-electron chi connectivity index (χ4n) is 3.05. The third-order valence-corrected chi connectivity index (χ3v) is 4.47. The molecule has 1 amide bonds. The summed E-state index contributed by atoms with van der Waals surface area (Å²) in [4.78, 5) is 14.2. The van der Waals surface area contributed by atoms with Gasteiger partial charge in [-0.15, -0.1) is 10.2 Å². The van der Waals surface area contributed by atoms with Gasteiger partial charge in [0.25, 0.3) is 0 Å². The lowest BCUT2D eigenvalue weighted by molar-refractivity contribution is -0.157. The zero-order valence-corrected chi connectivity index (χ0v) is 14.8. The Bertz CT molecular complexity index is 766. The summed E-state index contributed by atoms with van der Waals surface area (Å²) in [6.07, 6.45) is -3.38. The summed E-state index contributed by atoms with van der Waals surface area (Å²) in [5.74, 6) is -0.859. The van der Waals surface area contributed by atoms with E-state index in [0.29, 0.717) is 32.5 Å². The number of hydrogen-bond acceptors (Lipinski definition) is 5. The minimum Gasteiger partial charge on any atom is -0.494 e. The van der Waals surface area contributed by atoms with E-state index < -0.39 is 12.1 Å². The van der Waals surface area contributed by atoms with Crippen molar-refractivity contribution < 1.29 is 27.1 Å². The van der Waals surface area contributed by atoms with Crippen molar-refractivity contribution in [1.82, 2.24) is 15.1 Å². The highest BCUT2D eigenvalue weighted by Gasteiger charge is 2.39. The van der Waals surface area contributed by atoms with E-state index in [1.165, 1.54) is 0 Å². The van der Waals surface area contributed by atoms with Crippen LogP contribution in [0.5, 0.6) is 5.75 Å². The van der Waals surface area contributed by atoms with Crippen molar-refractivity contribution in [3.63, 3.8) is 0 Å². The molecule has 1 aliphatic heterocycles. The summed E-state index contributed by atoms with van der Waals surface area (Å²) in [6, 6.07) is 7.36. The summed E-state index contributed by atoms with van der Waals surface area (Å²) >= 11 is 0. The molecule has 1 aromatic heterocycles. The summed E-state index contributed by atoms with van der Waals surface area (Å²) < 4.78 is 47.8. The van der Waals surface area contributed by atoms with E-state index in [9.17, 15) is 18.0 Å². The minimum atomic E-state index is -4.64. The Balaban J connectivity index is 1.52. The second-order valence-electron chi connectivity index (χ2n) is 6.35. The second-order valence-corrected chi connectivity index (χ2v) is 6.35. The first-order valence-electron chi connectivity index (χ1n) is 8.77. The first-order valence-corrected chi connectivity index (χ1v) is 8.77. The molecule has 0 atom stereocenters. The van der Waals surface area contributed by atoms with Crippen LogP contribution < -0.4 is 4.74 Å². The molecule has 0 bridgehead atoms. The number of carbonyl (C=O) groups is 1.